The van der Waals surface area contributed by atoms with Crippen LogP contribution in [0.2, 0.25) is 0 Å². The van der Waals surface area contributed by atoms with E-state index in [1.807, 2.05) is 6.07 Å². The van der Waals surface area contributed by atoms with Gasteiger partial charge in [0, 0.05) is 29.8 Å². The van der Waals surface area contributed by atoms with E-state index in [2.05, 4.69) is 50.8 Å². The Balaban J connectivity index is 1.52. The molecule has 0 spiro atoms. The van der Waals surface area contributed by atoms with Gasteiger partial charge in [0.2, 0.25) is 5.91 Å². The Bertz CT molecular complexity index is 639. The first kappa shape index (κ1) is 19.6. The molecule has 2 N–H and O–H groups in total. The Morgan fingerprint density at radius 2 is 2.08 bits per heavy atom. The van der Waals surface area contributed by atoms with Crippen LogP contribution < -0.4 is 10.6 Å². The van der Waals surface area contributed by atoms with E-state index in [9.17, 15) is 4.79 Å². The molecule has 26 heavy (non-hydrogen) atoms. The summed E-state index contributed by atoms with van der Waals surface area (Å²) >= 11 is 3.56. The lowest BCUT2D eigenvalue weighted by molar-refractivity contribution is -0.120. The summed E-state index contributed by atoms with van der Waals surface area (Å²) in [6.07, 6.45) is 10.1. The number of ether oxygens (including phenoxy) is 1. The van der Waals surface area contributed by atoms with Crippen LogP contribution in [0.1, 0.15) is 50.5 Å². The van der Waals surface area contributed by atoms with Gasteiger partial charge in [0.1, 0.15) is 0 Å². The highest BCUT2D eigenvalue weighted by atomic mass is 79.9. The molecular weight excluding hydrogens is 392 g/mol. The van der Waals surface area contributed by atoms with Crippen molar-refractivity contribution in [1.29, 1.82) is 0 Å². The topological polar surface area (TPSA) is 50.4 Å². The number of carbonyl (C=O) groups is 1. The predicted octanol–water partition coefficient (Wildman–Crippen LogP) is 4.05. The van der Waals surface area contributed by atoms with Crippen molar-refractivity contribution >= 4 is 21.8 Å². The van der Waals surface area contributed by atoms with Crippen LogP contribution in [-0.4, -0.2) is 32.2 Å². The minimum Gasteiger partial charge on any atom is -0.381 e. The molecule has 1 aliphatic carbocycles. The van der Waals surface area contributed by atoms with Crippen LogP contribution in [0.15, 0.2) is 40.4 Å². The van der Waals surface area contributed by atoms with Gasteiger partial charge in [-0.1, -0.05) is 39.7 Å². The highest BCUT2D eigenvalue weighted by Gasteiger charge is 2.34. The predicted molar refractivity (Wildman–Crippen MR) is 108 cm³/mol. The van der Waals surface area contributed by atoms with Crippen molar-refractivity contribution in [2.45, 2.75) is 50.5 Å². The van der Waals surface area contributed by atoms with E-state index in [-0.39, 0.29) is 11.4 Å². The van der Waals surface area contributed by atoms with Gasteiger partial charge in [-0.3, -0.25) is 10.1 Å². The van der Waals surface area contributed by atoms with E-state index in [4.69, 9.17) is 4.74 Å². The smallest absolute Gasteiger partial charge is 0.233 e. The molecule has 1 fully saturated rings. The van der Waals surface area contributed by atoms with Gasteiger partial charge in [0.25, 0.3) is 0 Å². The lowest BCUT2D eigenvalue weighted by Gasteiger charge is -2.38. The maximum Gasteiger partial charge on any atom is 0.233 e. The quantitative estimate of drug-likeness (QED) is 0.654. The lowest BCUT2D eigenvalue weighted by Crippen LogP contribution is -2.50. The van der Waals surface area contributed by atoms with Gasteiger partial charge in [-0.05, 0) is 62.6 Å². The van der Waals surface area contributed by atoms with Gasteiger partial charge in [-0.25, -0.2) is 0 Å². The molecule has 0 saturated carbocycles. The zero-order valence-electron chi connectivity index (χ0n) is 15.4. The van der Waals surface area contributed by atoms with E-state index in [0.29, 0.717) is 6.54 Å². The molecule has 1 amide bonds. The Morgan fingerprint density at radius 1 is 1.23 bits per heavy atom. The molecule has 5 heteroatoms. The third-order valence-corrected chi connectivity index (χ3v) is 5.96. The maximum atomic E-state index is 12.3. The van der Waals surface area contributed by atoms with Crippen molar-refractivity contribution in [3.8, 4) is 0 Å². The molecule has 142 valence electrons. The molecule has 1 heterocycles. The van der Waals surface area contributed by atoms with Crippen molar-refractivity contribution in [2.75, 3.05) is 26.3 Å². The van der Waals surface area contributed by atoms with Crippen LogP contribution in [0, 0.1) is 0 Å². The number of hydrogen-bond donors (Lipinski definition) is 2. The van der Waals surface area contributed by atoms with Gasteiger partial charge in [-0.2, -0.15) is 0 Å². The summed E-state index contributed by atoms with van der Waals surface area (Å²) in [6.45, 7) is 2.51. The summed E-state index contributed by atoms with van der Waals surface area (Å²) in [4.78, 5) is 12.3. The van der Waals surface area contributed by atoms with Crippen LogP contribution >= 0.6 is 15.9 Å². The normalized spacial score (nSPS) is 19.7. The lowest BCUT2D eigenvalue weighted by atomic mass is 9.82. The fraction of sp³-hybridized carbons (Fsp3) is 0.571. The molecule has 2 aliphatic rings. The summed E-state index contributed by atoms with van der Waals surface area (Å²) in [5, 5.41) is 6.61. The summed E-state index contributed by atoms with van der Waals surface area (Å²) in [6, 6.07) is 8.36. The standard InChI is InChI=1S/C21H29BrN2O2/c22-19-8-4-7-18(15-19)21(10-13-26-14-11-21)24-16-20(25)23-12-9-17-5-2-1-3-6-17/h4-5,7-8,15,24H,1-3,6,9-14,16H2,(H,23,25). The monoisotopic (exact) mass is 420 g/mol. The Labute approximate surface area is 164 Å². The van der Waals surface area contributed by atoms with Gasteiger partial charge in [-0.15, -0.1) is 0 Å². The second-order valence-electron chi connectivity index (χ2n) is 7.27. The third kappa shape index (κ3) is 5.41. The highest BCUT2D eigenvalue weighted by Crippen LogP contribution is 2.33. The molecule has 0 bridgehead atoms. The molecule has 0 atom stereocenters. The zero-order chi connectivity index (χ0) is 18.2. The first-order chi connectivity index (χ1) is 12.7. The largest absolute Gasteiger partial charge is 0.381 e. The van der Waals surface area contributed by atoms with Gasteiger partial charge >= 0.3 is 0 Å². The molecule has 0 unspecified atom stereocenters. The fourth-order valence-electron chi connectivity index (χ4n) is 3.88. The van der Waals surface area contributed by atoms with Gasteiger partial charge in [0.15, 0.2) is 0 Å². The average Bonchev–Trinajstić information content (AvgIpc) is 2.68. The molecule has 0 aromatic heterocycles. The third-order valence-electron chi connectivity index (χ3n) is 5.46. The number of benzene rings is 1. The molecule has 1 aliphatic heterocycles. The Kier molecular flexibility index (Phi) is 7.29. The zero-order valence-corrected chi connectivity index (χ0v) is 16.9. The van der Waals surface area contributed by atoms with Crippen molar-refractivity contribution in [2.24, 2.45) is 0 Å². The average molecular weight is 421 g/mol. The van der Waals surface area contributed by atoms with Crippen molar-refractivity contribution in [3.05, 3.63) is 46.0 Å². The second-order valence-corrected chi connectivity index (χ2v) is 8.18. The minimum atomic E-state index is -0.189. The molecule has 1 saturated heterocycles. The highest BCUT2D eigenvalue weighted by molar-refractivity contribution is 9.10. The number of amides is 1. The van der Waals surface area contributed by atoms with Gasteiger partial charge < -0.3 is 10.1 Å². The maximum absolute atomic E-state index is 12.3. The number of rotatable bonds is 7. The van der Waals surface area contributed by atoms with E-state index >= 15 is 0 Å². The van der Waals surface area contributed by atoms with Crippen LogP contribution in [0.5, 0.6) is 0 Å². The summed E-state index contributed by atoms with van der Waals surface area (Å²) in [5.74, 6) is 0.0715. The van der Waals surface area contributed by atoms with E-state index in [1.165, 1.54) is 36.8 Å². The minimum absolute atomic E-state index is 0.0715. The van der Waals surface area contributed by atoms with Crippen molar-refractivity contribution in [3.63, 3.8) is 0 Å². The summed E-state index contributed by atoms with van der Waals surface area (Å²) < 4.78 is 6.62. The van der Waals surface area contributed by atoms with Crippen LogP contribution in [0.25, 0.3) is 0 Å². The number of nitrogens with one attached hydrogen (secondary N) is 2. The van der Waals surface area contributed by atoms with E-state index in [1.54, 1.807) is 0 Å². The molecular formula is C21H29BrN2O2. The van der Waals surface area contributed by atoms with Crippen molar-refractivity contribution in [1.82, 2.24) is 10.6 Å². The Morgan fingerprint density at radius 3 is 2.81 bits per heavy atom. The van der Waals surface area contributed by atoms with E-state index < -0.39 is 0 Å². The molecule has 4 nitrogen and oxygen atoms in total. The van der Waals surface area contributed by atoms with Crippen molar-refractivity contribution < 1.29 is 9.53 Å². The second kappa shape index (κ2) is 9.67. The Hall–Kier alpha value is -1.17. The summed E-state index contributed by atoms with van der Waals surface area (Å²) in [5.41, 5.74) is 2.53. The SMILES string of the molecule is O=C(CNC1(c2cccc(Br)c2)CCOCC1)NCCC1=CCCCC1. The molecule has 1 aromatic carbocycles. The first-order valence-electron chi connectivity index (χ1n) is 9.71. The molecule has 1 aromatic rings. The van der Waals surface area contributed by atoms with Crippen LogP contribution in [-0.2, 0) is 15.1 Å². The number of allylic oxidation sites excluding steroid dienone is 1. The summed E-state index contributed by atoms with van der Waals surface area (Å²) in [7, 11) is 0. The van der Waals surface area contributed by atoms with Crippen LogP contribution in [0.4, 0.5) is 0 Å². The number of halogens is 1. The first-order valence-corrected chi connectivity index (χ1v) is 10.5. The van der Waals surface area contributed by atoms with Crippen LogP contribution in [0.3, 0.4) is 0 Å². The van der Waals surface area contributed by atoms with E-state index in [0.717, 1.165) is 43.5 Å². The molecule has 3 rings (SSSR count). The number of hydrogen-bond acceptors (Lipinski definition) is 3. The fourth-order valence-corrected chi connectivity index (χ4v) is 4.28. The van der Waals surface area contributed by atoms with Gasteiger partial charge in [0.05, 0.1) is 6.54 Å². The molecule has 0 radical (unpaired) electrons. The number of carbonyl (C=O) groups excluding carboxylic acids is 1.